The van der Waals surface area contributed by atoms with Gasteiger partial charge >= 0.3 is 0 Å². The molecule has 1 atom stereocenters. The molecule has 78 valence electrons. The van der Waals surface area contributed by atoms with Crippen LogP contribution in [0.15, 0.2) is 35.2 Å². The second kappa shape index (κ2) is 4.60. The molecule has 0 bridgehead atoms. The van der Waals surface area contributed by atoms with Crippen LogP contribution in [-0.2, 0) is 9.84 Å². The summed E-state index contributed by atoms with van der Waals surface area (Å²) in [5.74, 6) is 0.466. The van der Waals surface area contributed by atoms with Gasteiger partial charge in [0.15, 0.2) is 9.84 Å². The highest BCUT2D eigenvalue weighted by molar-refractivity contribution is 7.91. The zero-order valence-corrected chi connectivity index (χ0v) is 9.42. The monoisotopic (exact) mass is 212 g/mol. The Bertz CT molecular complexity index is 368. The van der Waals surface area contributed by atoms with E-state index in [1.165, 1.54) is 0 Å². The fourth-order valence-corrected chi connectivity index (χ4v) is 2.97. The molecule has 0 aliphatic rings. The van der Waals surface area contributed by atoms with E-state index in [0.717, 1.165) is 6.42 Å². The summed E-state index contributed by atoms with van der Waals surface area (Å²) in [6.45, 7) is 3.96. The van der Waals surface area contributed by atoms with E-state index in [9.17, 15) is 8.42 Å². The first-order chi connectivity index (χ1) is 6.56. The molecule has 0 saturated carbocycles. The molecule has 0 saturated heterocycles. The highest BCUT2D eigenvalue weighted by Gasteiger charge is 2.16. The van der Waals surface area contributed by atoms with Crippen LogP contribution in [0.1, 0.15) is 20.3 Å². The average molecular weight is 212 g/mol. The Hall–Kier alpha value is -0.830. The fourth-order valence-electron chi connectivity index (χ4n) is 1.22. The van der Waals surface area contributed by atoms with Gasteiger partial charge in [-0.2, -0.15) is 0 Å². The third-order valence-corrected chi connectivity index (χ3v) is 4.30. The van der Waals surface area contributed by atoms with E-state index in [1.807, 2.05) is 19.9 Å². The second-order valence-electron chi connectivity index (χ2n) is 3.61. The molecule has 0 spiro atoms. The van der Waals surface area contributed by atoms with E-state index in [2.05, 4.69) is 0 Å². The highest BCUT2D eigenvalue weighted by atomic mass is 32.2. The van der Waals surface area contributed by atoms with Gasteiger partial charge in [0.05, 0.1) is 10.6 Å². The Kier molecular flexibility index (Phi) is 3.69. The molecule has 1 aromatic carbocycles. The maximum atomic E-state index is 11.8. The average Bonchev–Trinajstić information content (AvgIpc) is 2.18. The van der Waals surface area contributed by atoms with Gasteiger partial charge in [0.2, 0.25) is 0 Å². The first kappa shape index (κ1) is 11.2. The molecule has 0 aliphatic heterocycles. The minimum absolute atomic E-state index is 0.222. The van der Waals surface area contributed by atoms with Crippen LogP contribution in [0.4, 0.5) is 0 Å². The van der Waals surface area contributed by atoms with Crippen molar-refractivity contribution in [2.45, 2.75) is 25.2 Å². The van der Waals surface area contributed by atoms with Crippen molar-refractivity contribution in [3.63, 3.8) is 0 Å². The highest BCUT2D eigenvalue weighted by Crippen LogP contribution is 2.14. The van der Waals surface area contributed by atoms with Crippen LogP contribution < -0.4 is 0 Å². The molecule has 0 unspecified atom stereocenters. The summed E-state index contributed by atoms with van der Waals surface area (Å²) >= 11 is 0. The first-order valence-electron chi connectivity index (χ1n) is 4.84. The summed E-state index contributed by atoms with van der Waals surface area (Å²) < 4.78 is 23.6. The van der Waals surface area contributed by atoms with Gasteiger partial charge in [0, 0.05) is 0 Å². The van der Waals surface area contributed by atoms with Crippen LogP contribution in [0.2, 0.25) is 0 Å². The van der Waals surface area contributed by atoms with Gasteiger partial charge in [-0.25, -0.2) is 8.42 Å². The molecule has 0 radical (unpaired) electrons. The summed E-state index contributed by atoms with van der Waals surface area (Å²) in [6, 6.07) is 8.63. The van der Waals surface area contributed by atoms with Crippen molar-refractivity contribution in [2.24, 2.45) is 5.92 Å². The minimum Gasteiger partial charge on any atom is -0.224 e. The van der Waals surface area contributed by atoms with Crippen LogP contribution in [0, 0.1) is 5.92 Å². The van der Waals surface area contributed by atoms with Crippen LogP contribution in [0.5, 0.6) is 0 Å². The van der Waals surface area contributed by atoms with E-state index in [1.54, 1.807) is 24.3 Å². The molecule has 0 heterocycles. The number of hydrogen-bond acceptors (Lipinski definition) is 2. The largest absolute Gasteiger partial charge is 0.224 e. The van der Waals surface area contributed by atoms with Gasteiger partial charge in [-0.15, -0.1) is 0 Å². The van der Waals surface area contributed by atoms with E-state index >= 15 is 0 Å². The molecule has 0 fully saturated rings. The maximum Gasteiger partial charge on any atom is 0.178 e. The number of hydrogen-bond donors (Lipinski definition) is 0. The van der Waals surface area contributed by atoms with Crippen LogP contribution in [-0.4, -0.2) is 14.2 Å². The fraction of sp³-hybridized carbons (Fsp3) is 0.455. The zero-order chi connectivity index (χ0) is 10.6. The van der Waals surface area contributed by atoms with Crippen molar-refractivity contribution >= 4 is 9.84 Å². The standard InChI is InChI=1S/C11H16O2S/c1-3-10(2)9-14(12,13)11-7-5-4-6-8-11/h4-8,10H,3,9H2,1-2H3/t10-/m1/s1. The molecular formula is C11H16O2S. The normalized spacial score (nSPS) is 13.9. The Morgan fingerprint density at radius 1 is 1.21 bits per heavy atom. The van der Waals surface area contributed by atoms with Crippen molar-refractivity contribution < 1.29 is 8.42 Å². The molecule has 1 rings (SSSR count). The lowest BCUT2D eigenvalue weighted by Gasteiger charge is -2.08. The molecule has 0 aliphatic carbocycles. The number of rotatable bonds is 4. The number of benzene rings is 1. The van der Waals surface area contributed by atoms with Gasteiger partial charge in [-0.05, 0) is 18.1 Å². The number of sulfone groups is 1. The lowest BCUT2D eigenvalue weighted by Crippen LogP contribution is -2.13. The second-order valence-corrected chi connectivity index (χ2v) is 5.64. The molecule has 2 nitrogen and oxygen atoms in total. The molecule has 14 heavy (non-hydrogen) atoms. The Balaban J connectivity index is 2.87. The summed E-state index contributed by atoms with van der Waals surface area (Å²) in [5.41, 5.74) is 0. The summed E-state index contributed by atoms with van der Waals surface area (Å²) in [5, 5.41) is 0. The molecule has 0 amide bonds. The van der Waals surface area contributed by atoms with Gasteiger partial charge in [-0.1, -0.05) is 38.5 Å². The minimum atomic E-state index is -3.07. The SMILES string of the molecule is CC[C@@H](C)CS(=O)(=O)c1ccccc1. The molecular weight excluding hydrogens is 196 g/mol. The molecule has 1 aromatic rings. The third kappa shape index (κ3) is 2.84. The van der Waals surface area contributed by atoms with E-state index in [-0.39, 0.29) is 11.7 Å². The van der Waals surface area contributed by atoms with Crippen molar-refractivity contribution in [2.75, 3.05) is 5.75 Å². The predicted molar refractivity (Wildman–Crippen MR) is 57.9 cm³/mol. The Morgan fingerprint density at radius 3 is 2.29 bits per heavy atom. The summed E-state index contributed by atoms with van der Waals surface area (Å²) in [4.78, 5) is 0.431. The summed E-state index contributed by atoms with van der Waals surface area (Å²) in [6.07, 6.45) is 0.895. The van der Waals surface area contributed by atoms with Gasteiger partial charge in [0.25, 0.3) is 0 Å². The Labute approximate surface area is 85.9 Å². The van der Waals surface area contributed by atoms with E-state index in [4.69, 9.17) is 0 Å². The predicted octanol–water partition coefficient (Wildman–Crippen LogP) is 2.51. The van der Waals surface area contributed by atoms with Crippen LogP contribution >= 0.6 is 0 Å². The summed E-state index contributed by atoms with van der Waals surface area (Å²) in [7, 11) is -3.07. The first-order valence-corrected chi connectivity index (χ1v) is 6.49. The van der Waals surface area contributed by atoms with Crippen LogP contribution in [0.3, 0.4) is 0 Å². The molecule has 3 heteroatoms. The topological polar surface area (TPSA) is 34.1 Å². The molecule has 0 aromatic heterocycles. The lowest BCUT2D eigenvalue weighted by molar-refractivity contribution is 0.564. The van der Waals surface area contributed by atoms with Gasteiger partial charge < -0.3 is 0 Å². The maximum absolute atomic E-state index is 11.8. The lowest BCUT2D eigenvalue weighted by atomic mass is 10.2. The third-order valence-electron chi connectivity index (χ3n) is 2.30. The zero-order valence-electron chi connectivity index (χ0n) is 8.60. The molecule has 0 N–H and O–H groups in total. The van der Waals surface area contributed by atoms with Crippen molar-refractivity contribution in [1.29, 1.82) is 0 Å². The van der Waals surface area contributed by atoms with Crippen molar-refractivity contribution in [1.82, 2.24) is 0 Å². The van der Waals surface area contributed by atoms with Crippen molar-refractivity contribution in [3.8, 4) is 0 Å². The quantitative estimate of drug-likeness (QED) is 0.768. The van der Waals surface area contributed by atoms with Crippen LogP contribution in [0.25, 0.3) is 0 Å². The van der Waals surface area contributed by atoms with E-state index < -0.39 is 9.84 Å². The Morgan fingerprint density at radius 2 is 1.79 bits per heavy atom. The van der Waals surface area contributed by atoms with Gasteiger partial charge in [-0.3, -0.25) is 0 Å². The van der Waals surface area contributed by atoms with Gasteiger partial charge in [0.1, 0.15) is 0 Å². The smallest absolute Gasteiger partial charge is 0.178 e. The van der Waals surface area contributed by atoms with E-state index in [0.29, 0.717) is 4.90 Å². The van der Waals surface area contributed by atoms with Crippen molar-refractivity contribution in [3.05, 3.63) is 30.3 Å².